The van der Waals surface area contributed by atoms with Gasteiger partial charge in [-0.05, 0) is 53.4 Å². The molecular formula is C15H22BrNO2. The largest absolute Gasteiger partial charge is 0.483 e. The van der Waals surface area contributed by atoms with Crippen molar-refractivity contribution in [1.82, 2.24) is 5.32 Å². The van der Waals surface area contributed by atoms with Gasteiger partial charge in [0.1, 0.15) is 5.75 Å². The lowest BCUT2D eigenvalue weighted by molar-refractivity contribution is -0.123. The Morgan fingerprint density at radius 2 is 2.16 bits per heavy atom. The summed E-state index contributed by atoms with van der Waals surface area (Å²) in [5, 5.41) is 2.87. The smallest absolute Gasteiger partial charge is 0.258 e. The SMILES string of the molecule is CCCc1ccc(OCC(=O)NC(C)CC)c(Br)c1. The van der Waals surface area contributed by atoms with Crippen LogP contribution in [0, 0.1) is 0 Å². The van der Waals surface area contributed by atoms with Crippen LogP contribution in [0.25, 0.3) is 0 Å². The molecule has 0 aliphatic carbocycles. The fourth-order valence-electron chi connectivity index (χ4n) is 1.67. The number of amides is 1. The van der Waals surface area contributed by atoms with Crippen LogP contribution < -0.4 is 10.1 Å². The molecule has 1 aromatic carbocycles. The number of nitrogens with one attached hydrogen (secondary N) is 1. The Hall–Kier alpha value is -1.03. The molecule has 1 aromatic rings. The zero-order valence-electron chi connectivity index (χ0n) is 11.8. The lowest BCUT2D eigenvalue weighted by Gasteiger charge is -2.13. The van der Waals surface area contributed by atoms with Gasteiger partial charge in [0, 0.05) is 6.04 Å². The second-order valence-corrected chi connectivity index (χ2v) is 5.53. The summed E-state index contributed by atoms with van der Waals surface area (Å²) in [4.78, 5) is 11.6. The zero-order chi connectivity index (χ0) is 14.3. The van der Waals surface area contributed by atoms with E-state index in [2.05, 4.69) is 28.2 Å². The van der Waals surface area contributed by atoms with Gasteiger partial charge in [0.2, 0.25) is 0 Å². The molecule has 4 heteroatoms. The molecule has 106 valence electrons. The molecule has 3 nitrogen and oxygen atoms in total. The van der Waals surface area contributed by atoms with Crippen molar-refractivity contribution in [2.75, 3.05) is 6.61 Å². The predicted octanol–water partition coefficient (Wildman–Crippen LogP) is 3.70. The van der Waals surface area contributed by atoms with E-state index in [0.717, 1.165) is 23.7 Å². The molecule has 1 unspecified atom stereocenters. The predicted molar refractivity (Wildman–Crippen MR) is 81.5 cm³/mol. The first-order valence-corrected chi connectivity index (χ1v) is 7.56. The minimum Gasteiger partial charge on any atom is -0.483 e. The van der Waals surface area contributed by atoms with Crippen LogP contribution in [0.1, 0.15) is 39.2 Å². The molecule has 1 N–H and O–H groups in total. The van der Waals surface area contributed by atoms with Crippen LogP contribution in [0.4, 0.5) is 0 Å². The third-order valence-corrected chi connectivity index (χ3v) is 3.53. The van der Waals surface area contributed by atoms with Gasteiger partial charge < -0.3 is 10.1 Å². The summed E-state index contributed by atoms with van der Waals surface area (Å²) >= 11 is 3.48. The number of benzene rings is 1. The van der Waals surface area contributed by atoms with Crippen LogP contribution in [0.2, 0.25) is 0 Å². The maximum Gasteiger partial charge on any atom is 0.258 e. The molecule has 0 fully saturated rings. The quantitative estimate of drug-likeness (QED) is 0.829. The lowest BCUT2D eigenvalue weighted by Crippen LogP contribution is -2.35. The van der Waals surface area contributed by atoms with Gasteiger partial charge in [-0.1, -0.05) is 26.3 Å². The number of hydrogen-bond acceptors (Lipinski definition) is 2. The minimum absolute atomic E-state index is 0.0517. The number of rotatable bonds is 7. The van der Waals surface area contributed by atoms with Crippen molar-refractivity contribution in [2.45, 2.75) is 46.1 Å². The van der Waals surface area contributed by atoms with Gasteiger partial charge in [-0.15, -0.1) is 0 Å². The third kappa shape index (κ3) is 5.64. The molecule has 1 rings (SSSR count). The van der Waals surface area contributed by atoms with E-state index in [0.29, 0.717) is 5.75 Å². The Bertz CT molecular complexity index is 421. The molecule has 0 saturated carbocycles. The molecule has 1 atom stereocenters. The standard InChI is InChI=1S/C15H22BrNO2/c1-4-6-12-7-8-14(13(16)9-12)19-10-15(18)17-11(3)5-2/h7-9,11H,4-6,10H2,1-3H3,(H,17,18). The Balaban J connectivity index is 2.51. The second kappa shape index (κ2) is 8.20. The summed E-state index contributed by atoms with van der Waals surface area (Å²) in [6.07, 6.45) is 3.08. The summed E-state index contributed by atoms with van der Waals surface area (Å²) in [7, 11) is 0. The van der Waals surface area contributed by atoms with E-state index in [1.807, 2.05) is 32.0 Å². The van der Waals surface area contributed by atoms with Crippen molar-refractivity contribution in [3.63, 3.8) is 0 Å². The maximum absolute atomic E-state index is 11.6. The molecular weight excluding hydrogens is 306 g/mol. The molecule has 0 aromatic heterocycles. The first-order chi connectivity index (χ1) is 9.06. The summed E-state index contributed by atoms with van der Waals surface area (Å²) in [6, 6.07) is 6.18. The van der Waals surface area contributed by atoms with E-state index in [1.54, 1.807) is 0 Å². The van der Waals surface area contributed by atoms with Gasteiger partial charge in [-0.2, -0.15) is 0 Å². The van der Waals surface area contributed by atoms with Crippen LogP contribution >= 0.6 is 15.9 Å². The van der Waals surface area contributed by atoms with Crippen LogP contribution in [0.5, 0.6) is 5.75 Å². The number of carbonyl (C=O) groups is 1. The van der Waals surface area contributed by atoms with Crippen molar-refractivity contribution < 1.29 is 9.53 Å². The van der Waals surface area contributed by atoms with Gasteiger partial charge in [0.25, 0.3) is 5.91 Å². The molecule has 19 heavy (non-hydrogen) atoms. The van der Waals surface area contributed by atoms with Gasteiger partial charge in [-0.3, -0.25) is 4.79 Å². The van der Waals surface area contributed by atoms with Gasteiger partial charge >= 0.3 is 0 Å². The monoisotopic (exact) mass is 327 g/mol. The molecule has 0 heterocycles. The van der Waals surface area contributed by atoms with E-state index in [9.17, 15) is 4.79 Å². The Labute approximate surface area is 123 Å². The maximum atomic E-state index is 11.6. The van der Waals surface area contributed by atoms with Gasteiger partial charge in [0.05, 0.1) is 4.47 Å². The first-order valence-electron chi connectivity index (χ1n) is 6.77. The Morgan fingerprint density at radius 1 is 1.42 bits per heavy atom. The molecule has 0 bridgehead atoms. The van der Waals surface area contributed by atoms with E-state index < -0.39 is 0 Å². The molecule has 1 amide bonds. The Kier molecular flexibility index (Phi) is 6.92. The Morgan fingerprint density at radius 3 is 2.74 bits per heavy atom. The number of ether oxygens (including phenoxy) is 1. The fraction of sp³-hybridized carbons (Fsp3) is 0.533. The van der Waals surface area contributed by atoms with Crippen molar-refractivity contribution in [3.8, 4) is 5.75 Å². The van der Waals surface area contributed by atoms with Crippen molar-refractivity contribution >= 4 is 21.8 Å². The van der Waals surface area contributed by atoms with Crippen LogP contribution in [0.15, 0.2) is 22.7 Å². The number of halogens is 1. The van der Waals surface area contributed by atoms with E-state index in [1.165, 1.54) is 5.56 Å². The molecule has 0 spiro atoms. The number of aryl methyl sites for hydroxylation is 1. The molecule has 0 saturated heterocycles. The zero-order valence-corrected chi connectivity index (χ0v) is 13.4. The third-order valence-electron chi connectivity index (χ3n) is 2.91. The van der Waals surface area contributed by atoms with Crippen molar-refractivity contribution in [1.29, 1.82) is 0 Å². The average Bonchev–Trinajstić information content (AvgIpc) is 2.38. The van der Waals surface area contributed by atoms with Crippen LogP contribution in [0.3, 0.4) is 0 Å². The van der Waals surface area contributed by atoms with Gasteiger partial charge in [0.15, 0.2) is 6.61 Å². The first kappa shape index (κ1) is 16.0. The summed E-state index contributed by atoms with van der Waals surface area (Å²) < 4.78 is 6.42. The fourth-order valence-corrected chi connectivity index (χ4v) is 2.21. The molecule has 0 aliphatic rings. The summed E-state index contributed by atoms with van der Waals surface area (Å²) in [5.41, 5.74) is 1.27. The van der Waals surface area contributed by atoms with Gasteiger partial charge in [-0.25, -0.2) is 0 Å². The highest BCUT2D eigenvalue weighted by Gasteiger charge is 2.08. The lowest BCUT2D eigenvalue weighted by atomic mass is 10.1. The average molecular weight is 328 g/mol. The molecule has 0 aliphatic heterocycles. The van der Waals surface area contributed by atoms with E-state index in [4.69, 9.17) is 4.74 Å². The van der Waals surface area contributed by atoms with Crippen molar-refractivity contribution in [2.24, 2.45) is 0 Å². The van der Waals surface area contributed by atoms with E-state index in [-0.39, 0.29) is 18.6 Å². The summed E-state index contributed by atoms with van der Waals surface area (Å²) in [6.45, 7) is 6.22. The van der Waals surface area contributed by atoms with Crippen LogP contribution in [-0.4, -0.2) is 18.6 Å². The normalized spacial score (nSPS) is 12.0. The summed E-state index contributed by atoms with van der Waals surface area (Å²) in [5.74, 6) is 0.623. The number of hydrogen-bond donors (Lipinski definition) is 1. The highest BCUT2D eigenvalue weighted by atomic mass is 79.9. The molecule has 0 radical (unpaired) electrons. The highest BCUT2D eigenvalue weighted by molar-refractivity contribution is 9.10. The van der Waals surface area contributed by atoms with Crippen molar-refractivity contribution in [3.05, 3.63) is 28.2 Å². The number of carbonyl (C=O) groups excluding carboxylic acids is 1. The minimum atomic E-state index is -0.0844. The second-order valence-electron chi connectivity index (χ2n) is 4.68. The topological polar surface area (TPSA) is 38.3 Å². The highest BCUT2D eigenvalue weighted by Crippen LogP contribution is 2.26. The van der Waals surface area contributed by atoms with Crippen LogP contribution in [-0.2, 0) is 11.2 Å². The van der Waals surface area contributed by atoms with E-state index >= 15 is 0 Å².